The number of hydrogen-bond acceptors (Lipinski definition) is 2. The molecule has 10 heavy (non-hydrogen) atoms. The fraction of sp³-hybridized carbons (Fsp3) is 0.286. The van der Waals surface area contributed by atoms with Gasteiger partial charge in [0, 0.05) is 24.0 Å². The molecule has 0 bridgehead atoms. The minimum Gasteiger partial charge on any atom is -0.363 e. The molecule has 0 aromatic carbocycles. The van der Waals surface area contributed by atoms with Gasteiger partial charge in [-0.05, 0) is 13.1 Å². The lowest BCUT2D eigenvalue weighted by molar-refractivity contribution is 0.112. The molecule has 0 spiro atoms. The molecule has 1 aromatic rings. The molecule has 0 radical (unpaired) electrons. The summed E-state index contributed by atoms with van der Waals surface area (Å²) in [4.78, 5) is 13.3. The van der Waals surface area contributed by atoms with Crippen LogP contribution in [0.4, 0.5) is 0 Å². The van der Waals surface area contributed by atoms with Crippen LogP contribution in [0.5, 0.6) is 0 Å². The van der Waals surface area contributed by atoms with Gasteiger partial charge in [0.05, 0.1) is 0 Å². The van der Waals surface area contributed by atoms with Gasteiger partial charge in [0.25, 0.3) is 0 Å². The molecule has 0 unspecified atom stereocenters. The smallest absolute Gasteiger partial charge is 0.151 e. The lowest BCUT2D eigenvalue weighted by atomic mass is 10.3. The molecule has 2 N–H and O–H groups in total. The number of carbonyl (C=O) groups excluding carboxylic acids is 1. The molecule has 0 amide bonds. The lowest BCUT2D eigenvalue weighted by Gasteiger charge is -1.95. The number of carbonyl (C=O) groups is 1. The summed E-state index contributed by atoms with van der Waals surface area (Å²) in [7, 11) is 1.84. The Balaban J connectivity index is 2.79. The first-order valence-electron chi connectivity index (χ1n) is 3.14. The van der Waals surface area contributed by atoms with Gasteiger partial charge in [-0.3, -0.25) is 4.79 Å². The summed E-state index contributed by atoms with van der Waals surface area (Å²) in [6.45, 7) is 0.709. The van der Waals surface area contributed by atoms with Crippen LogP contribution in [0.1, 0.15) is 16.1 Å². The van der Waals surface area contributed by atoms with E-state index in [4.69, 9.17) is 0 Å². The summed E-state index contributed by atoms with van der Waals surface area (Å²) >= 11 is 0. The maximum absolute atomic E-state index is 10.3. The molecule has 0 fully saturated rings. The first-order valence-corrected chi connectivity index (χ1v) is 3.14. The van der Waals surface area contributed by atoms with Crippen LogP contribution in [-0.4, -0.2) is 18.3 Å². The topological polar surface area (TPSA) is 44.9 Å². The average molecular weight is 138 g/mol. The first-order chi connectivity index (χ1) is 4.88. The van der Waals surface area contributed by atoms with Crippen molar-refractivity contribution in [2.75, 3.05) is 7.05 Å². The van der Waals surface area contributed by atoms with Gasteiger partial charge < -0.3 is 10.3 Å². The van der Waals surface area contributed by atoms with E-state index in [1.54, 1.807) is 12.3 Å². The number of aldehydes is 1. The largest absolute Gasteiger partial charge is 0.363 e. The fourth-order valence-corrected chi connectivity index (χ4v) is 0.856. The van der Waals surface area contributed by atoms with E-state index in [2.05, 4.69) is 10.3 Å². The van der Waals surface area contributed by atoms with Crippen molar-refractivity contribution in [1.29, 1.82) is 0 Å². The number of hydrogen-bond donors (Lipinski definition) is 2. The maximum Gasteiger partial charge on any atom is 0.151 e. The average Bonchev–Trinajstić information content (AvgIpc) is 2.36. The summed E-state index contributed by atoms with van der Waals surface area (Å²) in [6, 6.07) is 1.76. The molecule has 0 saturated carbocycles. The summed E-state index contributed by atoms with van der Waals surface area (Å²) in [5.74, 6) is 0. The predicted octanol–water partition coefficient (Wildman–Crippen LogP) is 0.547. The molecule has 54 valence electrons. The van der Waals surface area contributed by atoms with E-state index >= 15 is 0 Å². The second-order valence-corrected chi connectivity index (χ2v) is 2.06. The van der Waals surface area contributed by atoms with E-state index in [0.29, 0.717) is 6.54 Å². The maximum atomic E-state index is 10.3. The molecule has 1 aromatic heterocycles. The van der Waals surface area contributed by atoms with Crippen molar-refractivity contribution >= 4 is 6.29 Å². The lowest BCUT2D eigenvalue weighted by Crippen LogP contribution is -2.06. The Morgan fingerprint density at radius 2 is 2.60 bits per heavy atom. The van der Waals surface area contributed by atoms with Crippen LogP contribution >= 0.6 is 0 Å². The number of aromatic nitrogens is 1. The summed E-state index contributed by atoms with van der Waals surface area (Å²) < 4.78 is 0. The second kappa shape index (κ2) is 3.17. The van der Waals surface area contributed by atoms with Gasteiger partial charge in [0.2, 0.25) is 0 Å². The van der Waals surface area contributed by atoms with Crippen LogP contribution in [0.2, 0.25) is 0 Å². The van der Waals surface area contributed by atoms with Crippen molar-refractivity contribution in [1.82, 2.24) is 10.3 Å². The van der Waals surface area contributed by atoms with Crippen molar-refractivity contribution in [3.63, 3.8) is 0 Å². The monoisotopic (exact) mass is 138 g/mol. The Morgan fingerprint density at radius 3 is 3.20 bits per heavy atom. The standard InChI is InChI=1S/C7H10N2O/c1-8-4-7-6(5-10)2-3-9-7/h2-3,5,8-9H,4H2,1H3. The Bertz CT molecular complexity index is 217. The van der Waals surface area contributed by atoms with E-state index < -0.39 is 0 Å². The number of rotatable bonds is 3. The molecule has 0 saturated heterocycles. The Hall–Kier alpha value is -1.09. The van der Waals surface area contributed by atoms with Gasteiger partial charge in [0.15, 0.2) is 6.29 Å². The molecule has 0 aliphatic rings. The molecule has 0 aliphatic heterocycles. The third-order valence-corrected chi connectivity index (χ3v) is 1.35. The first kappa shape index (κ1) is 7.02. The quantitative estimate of drug-likeness (QED) is 0.599. The molecule has 3 nitrogen and oxygen atoms in total. The van der Waals surface area contributed by atoms with E-state index in [1.165, 1.54) is 0 Å². The summed E-state index contributed by atoms with van der Waals surface area (Å²) in [5, 5.41) is 2.95. The molecular formula is C7H10N2O. The van der Waals surface area contributed by atoms with E-state index in [9.17, 15) is 4.79 Å². The van der Waals surface area contributed by atoms with E-state index in [-0.39, 0.29) is 0 Å². The highest BCUT2D eigenvalue weighted by molar-refractivity contribution is 5.76. The van der Waals surface area contributed by atoms with Gasteiger partial charge in [-0.15, -0.1) is 0 Å². The zero-order chi connectivity index (χ0) is 7.40. The minimum absolute atomic E-state index is 0.709. The normalized spacial score (nSPS) is 9.70. The van der Waals surface area contributed by atoms with Crippen molar-refractivity contribution < 1.29 is 4.79 Å². The number of nitrogens with one attached hydrogen (secondary N) is 2. The van der Waals surface area contributed by atoms with Crippen molar-refractivity contribution in [2.24, 2.45) is 0 Å². The minimum atomic E-state index is 0.709. The van der Waals surface area contributed by atoms with Crippen LogP contribution in [0.3, 0.4) is 0 Å². The molecule has 1 rings (SSSR count). The van der Waals surface area contributed by atoms with E-state index in [1.807, 2.05) is 7.05 Å². The zero-order valence-corrected chi connectivity index (χ0v) is 5.85. The number of aromatic amines is 1. The SMILES string of the molecule is CNCc1[nH]ccc1C=O. The van der Waals surface area contributed by atoms with Crippen molar-refractivity contribution in [2.45, 2.75) is 6.54 Å². The van der Waals surface area contributed by atoms with Crippen molar-refractivity contribution in [3.8, 4) is 0 Å². The van der Waals surface area contributed by atoms with Crippen LogP contribution in [0.15, 0.2) is 12.3 Å². The molecular weight excluding hydrogens is 128 g/mol. The van der Waals surface area contributed by atoms with Crippen LogP contribution in [0.25, 0.3) is 0 Å². The van der Waals surface area contributed by atoms with Gasteiger partial charge in [-0.25, -0.2) is 0 Å². The van der Waals surface area contributed by atoms with Crippen LogP contribution in [-0.2, 0) is 6.54 Å². The highest BCUT2D eigenvalue weighted by Crippen LogP contribution is 2.01. The molecule has 1 heterocycles. The Morgan fingerprint density at radius 1 is 1.80 bits per heavy atom. The van der Waals surface area contributed by atoms with Crippen molar-refractivity contribution in [3.05, 3.63) is 23.5 Å². The predicted molar refractivity (Wildman–Crippen MR) is 38.9 cm³/mol. The second-order valence-electron chi connectivity index (χ2n) is 2.06. The summed E-state index contributed by atoms with van der Waals surface area (Å²) in [6.07, 6.45) is 2.61. The van der Waals surface area contributed by atoms with E-state index in [0.717, 1.165) is 17.5 Å². The fourth-order valence-electron chi connectivity index (χ4n) is 0.856. The van der Waals surface area contributed by atoms with Crippen LogP contribution < -0.4 is 5.32 Å². The van der Waals surface area contributed by atoms with Gasteiger partial charge in [0.1, 0.15) is 0 Å². The van der Waals surface area contributed by atoms with Gasteiger partial charge in [-0.1, -0.05) is 0 Å². The Labute approximate surface area is 59.4 Å². The highest BCUT2D eigenvalue weighted by Gasteiger charge is 1.98. The zero-order valence-electron chi connectivity index (χ0n) is 5.85. The molecule has 0 aliphatic carbocycles. The number of H-pyrrole nitrogens is 1. The van der Waals surface area contributed by atoms with Crippen LogP contribution in [0, 0.1) is 0 Å². The third kappa shape index (κ3) is 1.25. The summed E-state index contributed by atoms with van der Waals surface area (Å²) in [5.41, 5.74) is 1.67. The molecule has 0 atom stereocenters. The third-order valence-electron chi connectivity index (χ3n) is 1.35. The Kier molecular flexibility index (Phi) is 2.23. The molecule has 3 heteroatoms. The highest BCUT2D eigenvalue weighted by atomic mass is 16.1. The van der Waals surface area contributed by atoms with Gasteiger partial charge in [-0.2, -0.15) is 0 Å². The van der Waals surface area contributed by atoms with Gasteiger partial charge >= 0.3 is 0 Å².